The molecule has 2 aromatic rings. The van der Waals surface area contributed by atoms with E-state index in [2.05, 4.69) is 18.7 Å². The Morgan fingerprint density at radius 3 is 2.90 bits per heavy atom. The molecule has 21 heavy (non-hydrogen) atoms. The minimum atomic E-state index is -0.951. The Hall–Kier alpha value is -2.30. The van der Waals surface area contributed by atoms with Gasteiger partial charge in [-0.05, 0) is 44.9 Å². The van der Waals surface area contributed by atoms with Crippen molar-refractivity contribution in [1.29, 1.82) is 0 Å². The van der Waals surface area contributed by atoms with Gasteiger partial charge in [-0.3, -0.25) is 4.40 Å². The van der Waals surface area contributed by atoms with E-state index in [4.69, 9.17) is 10.1 Å². The third kappa shape index (κ3) is 2.39. The second-order valence-electron chi connectivity index (χ2n) is 5.99. The number of hydrogen-bond donors (Lipinski definition) is 1. The first-order valence-corrected chi connectivity index (χ1v) is 7.15. The smallest absolute Gasteiger partial charge is 0.328 e. The summed E-state index contributed by atoms with van der Waals surface area (Å²) < 4.78 is 1.93. The summed E-state index contributed by atoms with van der Waals surface area (Å²) in [5, 5.41) is 8.91. The van der Waals surface area contributed by atoms with Crippen LogP contribution in [0.3, 0.4) is 0 Å². The molecule has 1 saturated heterocycles. The maximum absolute atomic E-state index is 10.9. The van der Waals surface area contributed by atoms with Crippen molar-refractivity contribution in [1.82, 2.24) is 9.38 Å². The summed E-state index contributed by atoms with van der Waals surface area (Å²) in [7, 11) is 0. The summed E-state index contributed by atoms with van der Waals surface area (Å²) in [5.74, 6) is -0.0892. The molecule has 0 bridgehead atoms. The fourth-order valence-corrected chi connectivity index (χ4v) is 3.01. The van der Waals surface area contributed by atoms with Crippen LogP contribution in [0.5, 0.6) is 0 Å². The van der Waals surface area contributed by atoms with Crippen LogP contribution in [0.25, 0.3) is 11.7 Å². The number of hydrogen-bond acceptors (Lipinski definition) is 3. The molecule has 5 nitrogen and oxygen atoms in total. The van der Waals surface area contributed by atoms with Crippen molar-refractivity contribution in [3.8, 4) is 0 Å². The lowest BCUT2D eigenvalue weighted by atomic mass is 10.0. The quantitative estimate of drug-likeness (QED) is 0.881. The van der Waals surface area contributed by atoms with E-state index in [0.29, 0.717) is 0 Å². The normalized spacial score (nSPS) is 17.9. The molecule has 110 valence electrons. The number of nitrogens with zero attached hydrogens (tertiary/aromatic N) is 3. The molecule has 1 aliphatic rings. The molecule has 5 heteroatoms. The number of fused-ring (bicyclic) bond motifs is 1. The van der Waals surface area contributed by atoms with Gasteiger partial charge in [0.2, 0.25) is 0 Å². The number of rotatable bonds is 3. The highest BCUT2D eigenvalue weighted by atomic mass is 16.4. The van der Waals surface area contributed by atoms with Gasteiger partial charge in [0, 0.05) is 24.4 Å². The number of aliphatic carboxylic acids is 1. The Kier molecular flexibility index (Phi) is 3.20. The van der Waals surface area contributed by atoms with E-state index in [1.54, 1.807) is 6.08 Å². The molecule has 1 fully saturated rings. The largest absolute Gasteiger partial charge is 0.478 e. The van der Waals surface area contributed by atoms with Crippen molar-refractivity contribution in [2.24, 2.45) is 0 Å². The van der Waals surface area contributed by atoms with Crippen LogP contribution < -0.4 is 4.90 Å². The van der Waals surface area contributed by atoms with Gasteiger partial charge in [0.1, 0.15) is 5.65 Å². The molecule has 1 aliphatic heterocycles. The fourth-order valence-electron chi connectivity index (χ4n) is 3.01. The van der Waals surface area contributed by atoms with E-state index in [0.717, 1.165) is 36.5 Å². The molecule has 0 aliphatic carbocycles. The molecule has 0 amide bonds. The first kappa shape index (κ1) is 13.7. The molecule has 3 heterocycles. The minimum Gasteiger partial charge on any atom is -0.478 e. The standard InChI is InChI=1S/C16H19N3O2/c1-16(2)9-5-11-19(16)15-12(7-8-14(20)21)18-10-4-3-6-13(18)17-15/h3-4,6-8,10H,5,9,11H2,1-2H3,(H,20,21). The molecule has 0 atom stereocenters. The molecule has 0 spiro atoms. The number of anilines is 1. The molecular formula is C16H19N3O2. The van der Waals surface area contributed by atoms with E-state index in [1.165, 1.54) is 6.08 Å². The second-order valence-corrected chi connectivity index (χ2v) is 5.99. The Labute approximate surface area is 123 Å². The van der Waals surface area contributed by atoms with Gasteiger partial charge in [0.15, 0.2) is 5.82 Å². The Morgan fingerprint density at radius 1 is 1.43 bits per heavy atom. The van der Waals surface area contributed by atoms with E-state index >= 15 is 0 Å². The summed E-state index contributed by atoms with van der Waals surface area (Å²) >= 11 is 0. The second kappa shape index (κ2) is 4.91. The van der Waals surface area contributed by atoms with Gasteiger partial charge in [0.05, 0.1) is 5.69 Å². The summed E-state index contributed by atoms with van der Waals surface area (Å²) in [6.07, 6.45) is 6.96. The molecule has 1 N–H and O–H groups in total. The average Bonchev–Trinajstić information content (AvgIpc) is 2.95. The van der Waals surface area contributed by atoms with Crippen molar-refractivity contribution in [3.63, 3.8) is 0 Å². The summed E-state index contributed by atoms with van der Waals surface area (Å²) in [5.41, 5.74) is 1.70. The van der Waals surface area contributed by atoms with Gasteiger partial charge in [-0.2, -0.15) is 0 Å². The highest BCUT2D eigenvalue weighted by molar-refractivity contribution is 5.86. The van der Waals surface area contributed by atoms with Gasteiger partial charge >= 0.3 is 5.97 Å². The number of aromatic nitrogens is 2. The minimum absolute atomic E-state index is 0.0454. The van der Waals surface area contributed by atoms with Gasteiger partial charge < -0.3 is 10.0 Å². The third-order valence-corrected chi connectivity index (χ3v) is 4.09. The van der Waals surface area contributed by atoms with Crippen molar-refractivity contribution in [3.05, 3.63) is 36.2 Å². The van der Waals surface area contributed by atoms with Gasteiger partial charge in [-0.15, -0.1) is 0 Å². The first-order valence-electron chi connectivity index (χ1n) is 7.15. The van der Waals surface area contributed by atoms with Gasteiger partial charge in [-0.1, -0.05) is 6.07 Å². The molecule has 0 unspecified atom stereocenters. The van der Waals surface area contributed by atoms with Crippen LogP contribution in [-0.4, -0.2) is 32.5 Å². The van der Waals surface area contributed by atoms with Gasteiger partial charge in [-0.25, -0.2) is 9.78 Å². The highest BCUT2D eigenvalue weighted by Crippen LogP contribution is 2.35. The maximum Gasteiger partial charge on any atom is 0.328 e. The lowest BCUT2D eigenvalue weighted by Crippen LogP contribution is -2.38. The highest BCUT2D eigenvalue weighted by Gasteiger charge is 2.34. The topological polar surface area (TPSA) is 57.8 Å². The zero-order valence-electron chi connectivity index (χ0n) is 12.3. The first-order chi connectivity index (χ1) is 9.99. The molecule has 0 aromatic carbocycles. The fraction of sp³-hybridized carbons (Fsp3) is 0.375. The Bertz CT molecular complexity index is 715. The Balaban J connectivity index is 2.17. The van der Waals surface area contributed by atoms with E-state index < -0.39 is 5.97 Å². The van der Waals surface area contributed by atoms with Crippen LogP contribution in [0.4, 0.5) is 5.82 Å². The predicted octanol–water partition coefficient (Wildman–Crippen LogP) is 2.81. The van der Waals surface area contributed by atoms with Crippen molar-refractivity contribution < 1.29 is 9.90 Å². The molecule has 2 aromatic heterocycles. The van der Waals surface area contributed by atoms with Crippen LogP contribution in [0.2, 0.25) is 0 Å². The number of pyridine rings is 1. The number of carbonyl (C=O) groups is 1. The van der Waals surface area contributed by atoms with Crippen LogP contribution in [0.15, 0.2) is 30.5 Å². The number of imidazole rings is 1. The molecule has 0 radical (unpaired) electrons. The number of carboxylic acid groups (broad SMARTS) is 1. The van der Waals surface area contributed by atoms with Crippen LogP contribution in [-0.2, 0) is 4.79 Å². The summed E-state index contributed by atoms with van der Waals surface area (Å²) in [6.45, 7) is 5.36. The zero-order valence-corrected chi connectivity index (χ0v) is 12.3. The van der Waals surface area contributed by atoms with Crippen LogP contribution in [0.1, 0.15) is 32.4 Å². The predicted molar refractivity (Wildman–Crippen MR) is 82.5 cm³/mol. The van der Waals surface area contributed by atoms with E-state index in [1.807, 2.05) is 28.8 Å². The summed E-state index contributed by atoms with van der Waals surface area (Å²) in [6, 6.07) is 5.79. The van der Waals surface area contributed by atoms with Crippen molar-refractivity contribution in [2.45, 2.75) is 32.2 Å². The maximum atomic E-state index is 10.9. The Morgan fingerprint density at radius 2 is 2.24 bits per heavy atom. The molecular weight excluding hydrogens is 266 g/mol. The van der Waals surface area contributed by atoms with Crippen molar-refractivity contribution in [2.75, 3.05) is 11.4 Å². The van der Waals surface area contributed by atoms with Crippen LogP contribution in [0, 0.1) is 0 Å². The lowest BCUT2D eigenvalue weighted by Gasteiger charge is -2.32. The average molecular weight is 285 g/mol. The third-order valence-electron chi connectivity index (χ3n) is 4.09. The van der Waals surface area contributed by atoms with Gasteiger partial charge in [0.25, 0.3) is 0 Å². The van der Waals surface area contributed by atoms with E-state index in [-0.39, 0.29) is 5.54 Å². The molecule has 3 rings (SSSR count). The van der Waals surface area contributed by atoms with Crippen LogP contribution >= 0.6 is 0 Å². The van der Waals surface area contributed by atoms with E-state index in [9.17, 15) is 4.79 Å². The lowest BCUT2D eigenvalue weighted by molar-refractivity contribution is -0.131. The zero-order chi connectivity index (χ0) is 15.0. The summed E-state index contributed by atoms with van der Waals surface area (Å²) in [4.78, 5) is 17.9. The monoisotopic (exact) mass is 285 g/mol. The van der Waals surface area contributed by atoms with Crippen molar-refractivity contribution >= 4 is 23.5 Å². The molecule has 0 saturated carbocycles. The number of carboxylic acids is 1. The SMILES string of the molecule is CC1(C)CCCN1c1nc2ccccn2c1C=CC(=O)O.